The second kappa shape index (κ2) is 9.96. The van der Waals surface area contributed by atoms with E-state index in [4.69, 9.17) is 21.1 Å². The summed E-state index contributed by atoms with van der Waals surface area (Å²) in [6.45, 7) is 6.31. The molecule has 0 aromatic heterocycles. The van der Waals surface area contributed by atoms with Crippen LogP contribution in [0, 0.1) is 6.92 Å². The van der Waals surface area contributed by atoms with Crippen LogP contribution in [0.5, 0.6) is 5.75 Å². The molecule has 1 fully saturated rings. The Balaban J connectivity index is 1.68. The van der Waals surface area contributed by atoms with E-state index in [1.165, 1.54) is 11.1 Å². The summed E-state index contributed by atoms with van der Waals surface area (Å²) in [6.07, 6.45) is 2.28. The summed E-state index contributed by atoms with van der Waals surface area (Å²) in [5, 5.41) is 0.664. The first kappa shape index (κ1) is 22.0. The first-order valence-corrected chi connectivity index (χ1v) is 11.9. The van der Waals surface area contributed by atoms with Crippen LogP contribution in [-0.4, -0.2) is 37.7 Å². The second-order valence-electron chi connectivity index (χ2n) is 8.57. The van der Waals surface area contributed by atoms with Gasteiger partial charge in [0.15, 0.2) is 5.76 Å². The Morgan fingerprint density at radius 1 is 0.909 bits per heavy atom. The minimum atomic E-state index is -0.0149. The van der Waals surface area contributed by atoms with Crippen molar-refractivity contribution < 1.29 is 9.47 Å². The molecule has 0 spiro atoms. The zero-order chi connectivity index (χ0) is 22.6. The molecule has 4 heteroatoms. The van der Waals surface area contributed by atoms with Crippen LogP contribution in [0.1, 0.15) is 28.2 Å². The number of morpholine rings is 1. The summed E-state index contributed by atoms with van der Waals surface area (Å²) in [7, 11) is 0. The van der Waals surface area contributed by atoms with Gasteiger partial charge in [0, 0.05) is 36.7 Å². The average molecular weight is 458 g/mol. The van der Waals surface area contributed by atoms with Gasteiger partial charge in [-0.15, -0.1) is 0 Å². The van der Waals surface area contributed by atoms with E-state index in [2.05, 4.69) is 84.6 Å². The highest BCUT2D eigenvalue weighted by molar-refractivity contribution is 6.35. The number of aryl methyl sites for hydroxylation is 1. The smallest absolute Gasteiger partial charge is 0.153 e. The largest absolute Gasteiger partial charge is 0.455 e. The zero-order valence-corrected chi connectivity index (χ0v) is 19.6. The lowest BCUT2D eigenvalue weighted by Gasteiger charge is -2.27. The molecule has 0 radical (unpaired) electrons. The fourth-order valence-electron chi connectivity index (χ4n) is 4.51. The Kier molecular flexibility index (Phi) is 6.63. The monoisotopic (exact) mass is 457 g/mol. The van der Waals surface area contributed by atoms with Gasteiger partial charge in [0.25, 0.3) is 0 Å². The fraction of sp³-hybridized carbons (Fsp3) is 0.241. The predicted octanol–water partition coefficient (Wildman–Crippen LogP) is 6.39. The molecule has 3 aromatic rings. The van der Waals surface area contributed by atoms with Crippen LogP contribution in [0.2, 0.25) is 0 Å². The lowest BCUT2D eigenvalue weighted by Crippen LogP contribution is -2.36. The molecule has 0 bridgehead atoms. The van der Waals surface area contributed by atoms with E-state index in [0.29, 0.717) is 10.8 Å². The summed E-state index contributed by atoms with van der Waals surface area (Å²) in [5.74, 6) is 1.53. The number of rotatable bonds is 4. The molecule has 1 atom stereocenters. The minimum absolute atomic E-state index is 0.0149. The van der Waals surface area contributed by atoms with Crippen LogP contribution in [0.4, 0.5) is 0 Å². The number of hydrogen-bond acceptors (Lipinski definition) is 3. The SMILES string of the molecule is Cc1ccc(C2=C(Cl)/C(=C\CN3CCOCC3)C(c3ccccc3)c3ccccc3O2)cc1. The number of hydrogen-bond donors (Lipinski definition) is 0. The summed E-state index contributed by atoms with van der Waals surface area (Å²) in [5.41, 5.74) is 5.58. The topological polar surface area (TPSA) is 21.7 Å². The third kappa shape index (κ3) is 4.77. The van der Waals surface area contributed by atoms with Crippen molar-refractivity contribution in [3.8, 4) is 5.75 Å². The third-order valence-electron chi connectivity index (χ3n) is 6.33. The Bertz CT molecular complexity index is 1160. The van der Waals surface area contributed by atoms with Gasteiger partial charge >= 0.3 is 0 Å². The van der Waals surface area contributed by atoms with Crippen molar-refractivity contribution in [2.24, 2.45) is 0 Å². The molecule has 0 N–H and O–H groups in total. The number of nitrogens with zero attached hydrogens (tertiary/aromatic N) is 1. The summed E-state index contributed by atoms with van der Waals surface area (Å²) in [4.78, 5) is 2.41. The van der Waals surface area contributed by atoms with Gasteiger partial charge in [0.05, 0.1) is 18.2 Å². The van der Waals surface area contributed by atoms with E-state index in [1.807, 2.05) is 12.1 Å². The van der Waals surface area contributed by atoms with Gasteiger partial charge in [-0.25, -0.2) is 0 Å². The summed E-state index contributed by atoms with van der Waals surface area (Å²) >= 11 is 7.22. The maximum Gasteiger partial charge on any atom is 0.153 e. The van der Waals surface area contributed by atoms with E-state index < -0.39 is 0 Å². The number of allylic oxidation sites excluding steroid dienone is 2. The van der Waals surface area contributed by atoms with Crippen molar-refractivity contribution in [1.29, 1.82) is 0 Å². The van der Waals surface area contributed by atoms with Crippen LogP contribution in [0.15, 0.2) is 95.5 Å². The maximum atomic E-state index is 7.22. The number of ether oxygens (including phenoxy) is 2. The first-order chi connectivity index (χ1) is 16.2. The Morgan fingerprint density at radius 2 is 1.61 bits per heavy atom. The molecular weight excluding hydrogens is 430 g/mol. The van der Waals surface area contributed by atoms with E-state index in [9.17, 15) is 0 Å². The molecule has 2 aliphatic rings. The van der Waals surface area contributed by atoms with Crippen LogP contribution in [0.25, 0.3) is 5.76 Å². The van der Waals surface area contributed by atoms with Gasteiger partial charge in [-0.3, -0.25) is 4.90 Å². The molecule has 0 amide bonds. The fourth-order valence-corrected chi connectivity index (χ4v) is 4.84. The Hall–Kier alpha value is -2.85. The molecule has 2 heterocycles. The molecule has 2 aliphatic heterocycles. The van der Waals surface area contributed by atoms with Crippen LogP contribution < -0.4 is 4.74 Å². The van der Waals surface area contributed by atoms with Gasteiger partial charge in [-0.2, -0.15) is 0 Å². The average Bonchev–Trinajstić information content (AvgIpc) is 2.99. The minimum Gasteiger partial charge on any atom is -0.455 e. The second-order valence-corrected chi connectivity index (χ2v) is 8.94. The number of halogens is 1. The van der Waals surface area contributed by atoms with E-state index >= 15 is 0 Å². The number of fused-ring (bicyclic) bond motifs is 1. The third-order valence-corrected chi connectivity index (χ3v) is 6.72. The first-order valence-electron chi connectivity index (χ1n) is 11.5. The molecule has 3 aromatic carbocycles. The molecule has 5 rings (SSSR count). The molecule has 33 heavy (non-hydrogen) atoms. The standard InChI is InChI=1S/C29H28ClNO2/c1-21-11-13-23(14-12-21)29-28(30)25(15-16-31-17-19-32-20-18-31)27(22-7-3-2-4-8-22)24-9-5-6-10-26(24)33-29/h2-15,27H,16-20H2,1H3/b25-15-. The Morgan fingerprint density at radius 3 is 2.36 bits per heavy atom. The van der Waals surface area contributed by atoms with Crippen LogP contribution in [-0.2, 0) is 4.74 Å². The lowest BCUT2D eigenvalue weighted by molar-refractivity contribution is 0.0433. The number of para-hydroxylation sites is 1. The van der Waals surface area contributed by atoms with Crippen molar-refractivity contribution in [1.82, 2.24) is 4.90 Å². The summed E-state index contributed by atoms with van der Waals surface area (Å²) in [6, 6.07) is 27.2. The van der Waals surface area contributed by atoms with Gasteiger partial charge in [-0.05, 0) is 24.1 Å². The van der Waals surface area contributed by atoms with E-state index in [0.717, 1.165) is 55.3 Å². The molecule has 168 valence electrons. The maximum absolute atomic E-state index is 7.22. The molecular formula is C29H28ClNO2. The van der Waals surface area contributed by atoms with Crippen molar-refractivity contribution in [2.75, 3.05) is 32.8 Å². The highest BCUT2D eigenvalue weighted by Crippen LogP contribution is 2.47. The summed E-state index contributed by atoms with van der Waals surface area (Å²) < 4.78 is 12.1. The predicted molar refractivity (Wildman–Crippen MR) is 135 cm³/mol. The molecule has 1 unspecified atom stereocenters. The molecule has 0 saturated carbocycles. The van der Waals surface area contributed by atoms with Gasteiger partial charge < -0.3 is 9.47 Å². The molecule has 1 saturated heterocycles. The Labute approximate surface area is 200 Å². The van der Waals surface area contributed by atoms with Crippen molar-refractivity contribution in [3.05, 3.63) is 118 Å². The van der Waals surface area contributed by atoms with Gasteiger partial charge in [0.2, 0.25) is 0 Å². The normalized spacial score (nSPS) is 20.3. The molecule has 3 nitrogen and oxygen atoms in total. The highest BCUT2D eigenvalue weighted by Gasteiger charge is 2.31. The van der Waals surface area contributed by atoms with Crippen molar-refractivity contribution >= 4 is 17.4 Å². The number of benzene rings is 3. The van der Waals surface area contributed by atoms with Gasteiger partial charge in [-0.1, -0.05) is 96.0 Å². The van der Waals surface area contributed by atoms with Crippen LogP contribution >= 0.6 is 11.6 Å². The van der Waals surface area contributed by atoms with Gasteiger partial charge in [0.1, 0.15) is 5.75 Å². The zero-order valence-electron chi connectivity index (χ0n) is 18.8. The van der Waals surface area contributed by atoms with E-state index in [1.54, 1.807) is 0 Å². The quantitative estimate of drug-likeness (QED) is 0.453. The lowest BCUT2D eigenvalue weighted by atomic mass is 9.84. The van der Waals surface area contributed by atoms with Crippen molar-refractivity contribution in [2.45, 2.75) is 12.8 Å². The van der Waals surface area contributed by atoms with E-state index in [-0.39, 0.29) is 5.92 Å². The highest BCUT2D eigenvalue weighted by atomic mass is 35.5. The molecule has 0 aliphatic carbocycles. The van der Waals surface area contributed by atoms with Crippen molar-refractivity contribution in [3.63, 3.8) is 0 Å². The van der Waals surface area contributed by atoms with Crippen LogP contribution in [0.3, 0.4) is 0 Å².